The van der Waals surface area contributed by atoms with Gasteiger partial charge in [-0.1, -0.05) is 26.7 Å². The standard InChI is InChI=1S/C16H26N2O3/c1-12(2)5-4-6-13(3)17-11-16(19)14-7-9-15(10-8-14)18(20)21/h7-10,12-13,16-17,19H,4-6,11H2,1-3H3. The molecule has 2 unspecified atom stereocenters. The Kier molecular flexibility index (Phi) is 7.32. The van der Waals surface area contributed by atoms with Crippen LogP contribution >= 0.6 is 0 Å². The van der Waals surface area contributed by atoms with Gasteiger partial charge in [0.15, 0.2) is 0 Å². The minimum atomic E-state index is -0.640. The van der Waals surface area contributed by atoms with Crippen molar-refractivity contribution in [1.29, 1.82) is 0 Å². The van der Waals surface area contributed by atoms with Gasteiger partial charge in [0.25, 0.3) is 5.69 Å². The molecule has 0 aromatic heterocycles. The molecule has 0 bridgehead atoms. The highest BCUT2D eigenvalue weighted by atomic mass is 16.6. The molecule has 5 heteroatoms. The van der Waals surface area contributed by atoms with Crippen LogP contribution in [-0.2, 0) is 0 Å². The van der Waals surface area contributed by atoms with E-state index in [9.17, 15) is 15.2 Å². The van der Waals surface area contributed by atoms with E-state index >= 15 is 0 Å². The Labute approximate surface area is 126 Å². The van der Waals surface area contributed by atoms with Gasteiger partial charge in [0.1, 0.15) is 0 Å². The predicted molar refractivity (Wildman–Crippen MR) is 84.2 cm³/mol. The van der Waals surface area contributed by atoms with Crippen molar-refractivity contribution in [1.82, 2.24) is 5.32 Å². The summed E-state index contributed by atoms with van der Waals surface area (Å²) in [5, 5.41) is 24.0. The van der Waals surface area contributed by atoms with Crippen molar-refractivity contribution in [3.05, 3.63) is 39.9 Å². The number of non-ortho nitro benzene ring substituents is 1. The van der Waals surface area contributed by atoms with E-state index in [0.29, 0.717) is 18.2 Å². The first-order chi connectivity index (χ1) is 9.90. The molecular weight excluding hydrogens is 268 g/mol. The van der Waals surface area contributed by atoms with Crippen LogP contribution in [0.4, 0.5) is 5.69 Å². The maximum atomic E-state index is 10.6. The Morgan fingerprint density at radius 2 is 1.81 bits per heavy atom. The third-order valence-corrected chi connectivity index (χ3v) is 3.57. The van der Waals surface area contributed by atoms with Crippen LogP contribution < -0.4 is 5.32 Å². The second-order valence-corrected chi connectivity index (χ2v) is 6.00. The van der Waals surface area contributed by atoms with Crippen LogP contribution in [0.1, 0.15) is 51.7 Å². The van der Waals surface area contributed by atoms with E-state index < -0.39 is 11.0 Å². The van der Waals surface area contributed by atoms with Crippen molar-refractivity contribution >= 4 is 5.69 Å². The molecule has 0 spiro atoms. The Morgan fingerprint density at radius 3 is 2.33 bits per heavy atom. The average Bonchev–Trinajstić information content (AvgIpc) is 2.44. The highest BCUT2D eigenvalue weighted by Gasteiger charge is 2.11. The van der Waals surface area contributed by atoms with Gasteiger partial charge in [-0.2, -0.15) is 0 Å². The van der Waals surface area contributed by atoms with E-state index in [1.807, 2.05) is 0 Å². The lowest BCUT2D eigenvalue weighted by Crippen LogP contribution is -2.30. The van der Waals surface area contributed by atoms with Gasteiger partial charge < -0.3 is 10.4 Å². The Hall–Kier alpha value is -1.46. The summed E-state index contributed by atoms with van der Waals surface area (Å²) >= 11 is 0. The number of aliphatic hydroxyl groups is 1. The monoisotopic (exact) mass is 294 g/mol. The summed E-state index contributed by atoms with van der Waals surface area (Å²) < 4.78 is 0. The van der Waals surface area contributed by atoms with E-state index in [4.69, 9.17) is 0 Å². The molecule has 1 aromatic rings. The number of benzene rings is 1. The zero-order chi connectivity index (χ0) is 15.8. The summed E-state index contributed by atoms with van der Waals surface area (Å²) in [5.41, 5.74) is 0.739. The zero-order valence-corrected chi connectivity index (χ0v) is 13.1. The lowest BCUT2D eigenvalue weighted by Gasteiger charge is -2.17. The molecule has 0 heterocycles. The van der Waals surface area contributed by atoms with E-state index in [0.717, 1.165) is 12.3 Å². The van der Waals surface area contributed by atoms with Gasteiger partial charge in [-0.05, 0) is 37.0 Å². The molecule has 1 aromatic carbocycles. The molecule has 118 valence electrons. The minimum Gasteiger partial charge on any atom is -0.387 e. The number of nitrogens with one attached hydrogen (secondary N) is 1. The molecule has 0 aliphatic heterocycles. The number of nitrogens with zero attached hydrogens (tertiary/aromatic N) is 1. The fourth-order valence-electron chi connectivity index (χ4n) is 2.18. The fraction of sp³-hybridized carbons (Fsp3) is 0.625. The van der Waals surface area contributed by atoms with Crippen LogP contribution in [0.2, 0.25) is 0 Å². The average molecular weight is 294 g/mol. The number of hydrogen-bond acceptors (Lipinski definition) is 4. The van der Waals surface area contributed by atoms with E-state index in [2.05, 4.69) is 26.1 Å². The van der Waals surface area contributed by atoms with E-state index in [-0.39, 0.29) is 5.69 Å². The summed E-state index contributed by atoms with van der Waals surface area (Å²) in [6.07, 6.45) is 2.85. The lowest BCUT2D eigenvalue weighted by atomic mass is 10.0. The molecule has 0 fully saturated rings. The van der Waals surface area contributed by atoms with Crippen LogP contribution in [0.3, 0.4) is 0 Å². The molecular formula is C16H26N2O3. The lowest BCUT2D eigenvalue weighted by molar-refractivity contribution is -0.384. The second-order valence-electron chi connectivity index (χ2n) is 6.00. The van der Waals surface area contributed by atoms with Crippen LogP contribution in [0.25, 0.3) is 0 Å². The summed E-state index contributed by atoms with van der Waals surface area (Å²) in [7, 11) is 0. The van der Waals surface area contributed by atoms with Crippen LogP contribution in [0.5, 0.6) is 0 Å². The zero-order valence-electron chi connectivity index (χ0n) is 13.1. The van der Waals surface area contributed by atoms with Gasteiger partial charge in [-0.25, -0.2) is 0 Å². The quantitative estimate of drug-likeness (QED) is 0.540. The molecule has 5 nitrogen and oxygen atoms in total. The number of aliphatic hydroxyl groups excluding tert-OH is 1. The Balaban J connectivity index is 2.35. The van der Waals surface area contributed by atoms with Crippen LogP contribution in [0.15, 0.2) is 24.3 Å². The Bertz CT molecular complexity index is 432. The number of hydrogen-bond donors (Lipinski definition) is 2. The third-order valence-electron chi connectivity index (χ3n) is 3.57. The van der Waals surface area contributed by atoms with E-state index in [1.165, 1.54) is 25.0 Å². The van der Waals surface area contributed by atoms with Gasteiger partial charge in [-0.3, -0.25) is 10.1 Å². The highest BCUT2D eigenvalue weighted by Crippen LogP contribution is 2.17. The number of rotatable bonds is 9. The van der Waals surface area contributed by atoms with Crippen molar-refractivity contribution in [3.63, 3.8) is 0 Å². The second kappa shape index (κ2) is 8.74. The molecule has 21 heavy (non-hydrogen) atoms. The molecule has 0 aliphatic rings. The fourth-order valence-corrected chi connectivity index (χ4v) is 2.18. The molecule has 0 amide bonds. The van der Waals surface area contributed by atoms with Gasteiger partial charge >= 0.3 is 0 Å². The molecule has 2 atom stereocenters. The first kappa shape index (κ1) is 17.6. The maximum Gasteiger partial charge on any atom is 0.269 e. The maximum absolute atomic E-state index is 10.6. The van der Waals surface area contributed by atoms with Crippen LogP contribution in [-0.4, -0.2) is 22.6 Å². The number of nitro benzene ring substituents is 1. The first-order valence-electron chi connectivity index (χ1n) is 7.56. The first-order valence-corrected chi connectivity index (χ1v) is 7.56. The van der Waals surface area contributed by atoms with Gasteiger partial charge in [0, 0.05) is 24.7 Å². The molecule has 1 rings (SSSR count). The topological polar surface area (TPSA) is 75.4 Å². The van der Waals surface area contributed by atoms with E-state index in [1.54, 1.807) is 12.1 Å². The number of nitro groups is 1. The molecule has 0 radical (unpaired) electrons. The summed E-state index contributed by atoms with van der Waals surface area (Å²) in [6.45, 7) is 7.01. The highest BCUT2D eigenvalue weighted by molar-refractivity contribution is 5.33. The largest absolute Gasteiger partial charge is 0.387 e. The molecule has 2 N–H and O–H groups in total. The van der Waals surface area contributed by atoms with Crippen molar-refractivity contribution in [2.45, 2.75) is 52.2 Å². The van der Waals surface area contributed by atoms with Gasteiger partial charge in [0.05, 0.1) is 11.0 Å². The molecule has 0 saturated heterocycles. The molecule has 0 saturated carbocycles. The predicted octanol–water partition coefficient (Wildman–Crippen LogP) is 3.43. The van der Waals surface area contributed by atoms with Crippen LogP contribution in [0, 0.1) is 16.0 Å². The minimum absolute atomic E-state index is 0.0426. The van der Waals surface area contributed by atoms with Crippen molar-refractivity contribution in [2.75, 3.05) is 6.54 Å². The Morgan fingerprint density at radius 1 is 1.19 bits per heavy atom. The van der Waals surface area contributed by atoms with Crippen molar-refractivity contribution in [3.8, 4) is 0 Å². The van der Waals surface area contributed by atoms with Gasteiger partial charge in [-0.15, -0.1) is 0 Å². The third kappa shape index (κ3) is 6.69. The summed E-state index contributed by atoms with van der Waals surface area (Å²) in [6, 6.07) is 6.41. The van der Waals surface area contributed by atoms with Gasteiger partial charge in [0.2, 0.25) is 0 Å². The van der Waals surface area contributed by atoms with Crippen molar-refractivity contribution in [2.24, 2.45) is 5.92 Å². The summed E-state index contributed by atoms with van der Waals surface area (Å²) in [5.74, 6) is 0.725. The summed E-state index contributed by atoms with van der Waals surface area (Å²) in [4.78, 5) is 10.1. The normalized spacial score (nSPS) is 14.1. The SMILES string of the molecule is CC(C)CCCC(C)NCC(O)c1ccc([N+](=O)[O-])cc1. The van der Waals surface area contributed by atoms with Crippen molar-refractivity contribution < 1.29 is 10.0 Å². The smallest absolute Gasteiger partial charge is 0.269 e. The molecule has 0 aliphatic carbocycles.